The van der Waals surface area contributed by atoms with Crippen LogP contribution < -0.4 is 11.1 Å². The van der Waals surface area contributed by atoms with E-state index in [0.29, 0.717) is 11.8 Å². The summed E-state index contributed by atoms with van der Waals surface area (Å²) in [4.78, 5) is 4.04. The fourth-order valence-electron chi connectivity index (χ4n) is 1.43. The van der Waals surface area contributed by atoms with Gasteiger partial charge in [0.1, 0.15) is 16.6 Å². The molecule has 2 rings (SSSR count). The Bertz CT molecular complexity index is 646. The van der Waals surface area contributed by atoms with Crippen LogP contribution in [0, 0.1) is 17.5 Å². The second kappa shape index (κ2) is 5.23. The molecule has 0 atom stereocenters. The van der Waals surface area contributed by atoms with Crippen molar-refractivity contribution in [1.29, 1.82) is 0 Å². The summed E-state index contributed by atoms with van der Waals surface area (Å²) in [6.07, 6.45) is 0. The van der Waals surface area contributed by atoms with Crippen molar-refractivity contribution in [3.05, 3.63) is 53.5 Å². The second-order valence-electron chi connectivity index (χ2n) is 3.65. The Morgan fingerprint density at radius 1 is 1.21 bits per heavy atom. The number of aromatic nitrogens is 1. The second-order valence-corrected chi connectivity index (χ2v) is 4.09. The minimum Gasteiger partial charge on any atom is -0.388 e. The van der Waals surface area contributed by atoms with E-state index in [1.807, 2.05) is 0 Å². The van der Waals surface area contributed by atoms with Gasteiger partial charge in [0, 0.05) is 12.1 Å². The monoisotopic (exact) mass is 283 g/mol. The molecule has 3 N–H and O–H groups in total. The SMILES string of the molecule is NC(=S)c1cccc(Nc2cc(F)cc(F)c2F)n1. The number of thiocarbonyl (C=S) groups is 1. The molecule has 0 radical (unpaired) electrons. The molecule has 0 saturated heterocycles. The first-order valence-corrected chi connectivity index (χ1v) is 5.56. The zero-order valence-electron chi connectivity index (χ0n) is 9.45. The van der Waals surface area contributed by atoms with Crippen molar-refractivity contribution >= 4 is 28.7 Å². The van der Waals surface area contributed by atoms with Crippen LogP contribution in [0.3, 0.4) is 0 Å². The van der Waals surface area contributed by atoms with Gasteiger partial charge in [0.2, 0.25) is 0 Å². The molecule has 0 fully saturated rings. The van der Waals surface area contributed by atoms with Crippen LogP contribution in [0.4, 0.5) is 24.7 Å². The molecule has 2 aromatic rings. The van der Waals surface area contributed by atoms with Gasteiger partial charge in [-0.15, -0.1) is 0 Å². The van der Waals surface area contributed by atoms with Crippen LogP contribution in [0.2, 0.25) is 0 Å². The molecule has 0 amide bonds. The topological polar surface area (TPSA) is 50.9 Å². The van der Waals surface area contributed by atoms with E-state index in [0.717, 1.165) is 6.07 Å². The molecule has 19 heavy (non-hydrogen) atoms. The Kier molecular flexibility index (Phi) is 3.66. The van der Waals surface area contributed by atoms with Crippen LogP contribution in [0.15, 0.2) is 30.3 Å². The van der Waals surface area contributed by atoms with Gasteiger partial charge >= 0.3 is 0 Å². The Morgan fingerprint density at radius 2 is 1.95 bits per heavy atom. The molecule has 98 valence electrons. The van der Waals surface area contributed by atoms with Gasteiger partial charge in [-0.2, -0.15) is 0 Å². The van der Waals surface area contributed by atoms with E-state index in [1.54, 1.807) is 12.1 Å². The molecule has 7 heteroatoms. The first kappa shape index (κ1) is 13.3. The Labute approximate surface area is 112 Å². The minimum absolute atomic E-state index is 0.0644. The number of anilines is 2. The fourth-order valence-corrected chi connectivity index (χ4v) is 1.54. The van der Waals surface area contributed by atoms with E-state index in [4.69, 9.17) is 18.0 Å². The van der Waals surface area contributed by atoms with Crippen molar-refractivity contribution < 1.29 is 13.2 Å². The van der Waals surface area contributed by atoms with E-state index < -0.39 is 17.5 Å². The lowest BCUT2D eigenvalue weighted by atomic mass is 10.2. The van der Waals surface area contributed by atoms with Crippen molar-refractivity contribution in [2.75, 3.05) is 5.32 Å². The smallest absolute Gasteiger partial charge is 0.182 e. The largest absolute Gasteiger partial charge is 0.388 e. The number of halogens is 3. The number of benzene rings is 1. The number of nitrogens with zero attached hydrogens (tertiary/aromatic N) is 1. The molecule has 0 bridgehead atoms. The highest BCUT2D eigenvalue weighted by Crippen LogP contribution is 2.22. The van der Waals surface area contributed by atoms with Gasteiger partial charge in [0.15, 0.2) is 11.6 Å². The summed E-state index contributed by atoms with van der Waals surface area (Å²) in [5.41, 5.74) is 5.36. The van der Waals surface area contributed by atoms with Gasteiger partial charge < -0.3 is 11.1 Å². The van der Waals surface area contributed by atoms with Gasteiger partial charge in [-0.05, 0) is 12.1 Å². The van der Waals surface area contributed by atoms with Gasteiger partial charge in [-0.1, -0.05) is 18.3 Å². The van der Waals surface area contributed by atoms with Crippen LogP contribution in [-0.4, -0.2) is 9.97 Å². The van der Waals surface area contributed by atoms with E-state index in [2.05, 4.69) is 10.3 Å². The lowest BCUT2D eigenvalue weighted by Gasteiger charge is -2.08. The van der Waals surface area contributed by atoms with Gasteiger partial charge in [-0.25, -0.2) is 18.2 Å². The molecule has 1 aromatic carbocycles. The lowest BCUT2D eigenvalue weighted by molar-refractivity contribution is 0.498. The predicted octanol–water partition coefficient (Wildman–Crippen LogP) is 2.88. The van der Waals surface area contributed by atoms with Crippen molar-refractivity contribution in [3.8, 4) is 0 Å². The van der Waals surface area contributed by atoms with Gasteiger partial charge in [-0.3, -0.25) is 0 Å². The molecule has 0 unspecified atom stereocenters. The average Bonchev–Trinajstić information content (AvgIpc) is 2.35. The lowest BCUT2D eigenvalue weighted by Crippen LogP contribution is -2.12. The highest BCUT2D eigenvalue weighted by Gasteiger charge is 2.12. The molecule has 0 aliphatic rings. The van der Waals surface area contributed by atoms with Crippen molar-refractivity contribution in [2.24, 2.45) is 5.73 Å². The summed E-state index contributed by atoms with van der Waals surface area (Å²) in [5.74, 6) is -3.20. The first-order chi connectivity index (χ1) is 8.97. The standard InChI is InChI=1S/C12H8F3N3S/c13-6-4-7(14)11(15)9(5-6)18-10-3-1-2-8(17-10)12(16)19/h1-5H,(H2,16,19)(H,17,18). The summed E-state index contributed by atoms with van der Waals surface area (Å²) < 4.78 is 39.5. The van der Waals surface area contributed by atoms with E-state index >= 15 is 0 Å². The zero-order chi connectivity index (χ0) is 14.0. The summed E-state index contributed by atoms with van der Waals surface area (Å²) in [6, 6.07) is 5.92. The third kappa shape index (κ3) is 3.00. The van der Waals surface area contributed by atoms with Crippen molar-refractivity contribution in [3.63, 3.8) is 0 Å². The van der Waals surface area contributed by atoms with E-state index in [1.165, 1.54) is 6.07 Å². The summed E-state index contributed by atoms with van der Waals surface area (Å²) in [5, 5.41) is 2.47. The van der Waals surface area contributed by atoms with E-state index in [9.17, 15) is 13.2 Å². The molecule has 3 nitrogen and oxygen atoms in total. The van der Waals surface area contributed by atoms with Gasteiger partial charge in [0.25, 0.3) is 0 Å². The highest BCUT2D eigenvalue weighted by atomic mass is 32.1. The number of rotatable bonds is 3. The van der Waals surface area contributed by atoms with Crippen molar-refractivity contribution in [2.45, 2.75) is 0 Å². The third-order valence-corrected chi connectivity index (χ3v) is 2.47. The number of hydrogen-bond acceptors (Lipinski definition) is 3. The fraction of sp³-hybridized carbons (Fsp3) is 0. The maximum Gasteiger partial charge on any atom is 0.182 e. The first-order valence-electron chi connectivity index (χ1n) is 5.16. The molecule has 0 aliphatic carbocycles. The zero-order valence-corrected chi connectivity index (χ0v) is 10.3. The molecule has 1 aromatic heterocycles. The third-order valence-electron chi connectivity index (χ3n) is 2.26. The summed E-state index contributed by atoms with van der Waals surface area (Å²) in [7, 11) is 0. The number of pyridine rings is 1. The summed E-state index contributed by atoms with van der Waals surface area (Å²) >= 11 is 4.75. The number of nitrogens with two attached hydrogens (primary N) is 1. The molecule has 0 aliphatic heterocycles. The summed E-state index contributed by atoms with van der Waals surface area (Å²) in [6.45, 7) is 0. The number of hydrogen-bond donors (Lipinski definition) is 2. The van der Waals surface area contributed by atoms with Crippen LogP contribution in [0.5, 0.6) is 0 Å². The molecule has 1 heterocycles. The van der Waals surface area contributed by atoms with Crippen LogP contribution in [0.25, 0.3) is 0 Å². The maximum atomic E-state index is 13.4. The Morgan fingerprint density at radius 3 is 2.63 bits per heavy atom. The predicted molar refractivity (Wildman–Crippen MR) is 69.7 cm³/mol. The molecular weight excluding hydrogens is 275 g/mol. The maximum absolute atomic E-state index is 13.4. The minimum atomic E-state index is -1.28. The molecule has 0 spiro atoms. The highest BCUT2D eigenvalue weighted by molar-refractivity contribution is 7.80. The normalized spacial score (nSPS) is 10.3. The van der Waals surface area contributed by atoms with Gasteiger partial charge in [0.05, 0.1) is 11.4 Å². The Hall–Kier alpha value is -2.15. The quantitative estimate of drug-likeness (QED) is 0.672. The average molecular weight is 283 g/mol. The van der Waals surface area contributed by atoms with Crippen LogP contribution >= 0.6 is 12.2 Å². The number of nitrogens with one attached hydrogen (secondary N) is 1. The van der Waals surface area contributed by atoms with Crippen molar-refractivity contribution in [1.82, 2.24) is 4.98 Å². The van der Waals surface area contributed by atoms with Crippen LogP contribution in [-0.2, 0) is 0 Å². The van der Waals surface area contributed by atoms with E-state index in [-0.39, 0.29) is 16.5 Å². The molecular formula is C12H8F3N3S. The van der Waals surface area contributed by atoms with Crippen LogP contribution in [0.1, 0.15) is 5.69 Å². The molecule has 0 saturated carbocycles. The Balaban J connectivity index is 2.36.